The van der Waals surface area contributed by atoms with Gasteiger partial charge in [-0.15, -0.1) is 0 Å². The van der Waals surface area contributed by atoms with Gasteiger partial charge in [0.1, 0.15) is 6.04 Å². The Kier molecular flexibility index (Phi) is 4.20. The summed E-state index contributed by atoms with van der Waals surface area (Å²) in [4.78, 5) is 14.1. The minimum absolute atomic E-state index is 0.127. The zero-order valence-electron chi connectivity index (χ0n) is 10.7. The Morgan fingerprint density at radius 2 is 2.28 bits per heavy atom. The Morgan fingerprint density at radius 3 is 2.94 bits per heavy atom. The predicted octanol–water partition coefficient (Wildman–Crippen LogP) is 1.25. The summed E-state index contributed by atoms with van der Waals surface area (Å²) in [6, 6.07) is 7.88. The van der Waals surface area contributed by atoms with Crippen molar-refractivity contribution in [2.24, 2.45) is 0 Å². The summed E-state index contributed by atoms with van der Waals surface area (Å²) in [5.74, 6) is 0.127. The van der Waals surface area contributed by atoms with Gasteiger partial charge >= 0.3 is 0 Å². The van der Waals surface area contributed by atoms with Crippen LogP contribution >= 0.6 is 0 Å². The van der Waals surface area contributed by atoms with E-state index in [1.165, 1.54) is 5.56 Å². The fraction of sp³-hybridized carbons (Fsp3) is 0.500. The van der Waals surface area contributed by atoms with Gasteiger partial charge in [0.25, 0.3) is 0 Å². The number of carbonyl (C=O) groups is 1. The number of aliphatic hydroxyl groups is 1. The molecule has 4 heteroatoms. The molecule has 1 aromatic rings. The summed E-state index contributed by atoms with van der Waals surface area (Å²) in [5.41, 5.74) is 2.27. The van der Waals surface area contributed by atoms with Gasteiger partial charge in [-0.1, -0.05) is 18.2 Å². The first-order chi connectivity index (χ1) is 8.76. The van der Waals surface area contributed by atoms with Crippen molar-refractivity contribution in [2.75, 3.05) is 25.0 Å². The Balaban J connectivity index is 1.99. The van der Waals surface area contributed by atoms with E-state index in [0.29, 0.717) is 19.5 Å². The highest BCUT2D eigenvalue weighted by Gasteiger charge is 2.29. The third-order valence-electron chi connectivity index (χ3n) is 3.35. The lowest BCUT2D eigenvalue weighted by atomic mass is 10.1. The molecule has 1 atom stereocenters. The molecule has 0 radical (unpaired) electrons. The number of hydrogen-bond donors (Lipinski definition) is 2. The van der Waals surface area contributed by atoms with Gasteiger partial charge in [0.05, 0.1) is 0 Å². The first kappa shape index (κ1) is 12.9. The second-order valence-electron chi connectivity index (χ2n) is 4.55. The fourth-order valence-corrected chi connectivity index (χ4v) is 2.35. The maximum absolute atomic E-state index is 12.3. The minimum atomic E-state index is -0.152. The summed E-state index contributed by atoms with van der Waals surface area (Å²) in [5, 5.41) is 12.1. The van der Waals surface area contributed by atoms with E-state index in [2.05, 4.69) is 11.4 Å². The van der Waals surface area contributed by atoms with E-state index >= 15 is 0 Å². The van der Waals surface area contributed by atoms with Crippen LogP contribution in [0.25, 0.3) is 0 Å². The van der Waals surface area contributed by atoms with Gasteiger partial charge in [0.2, 0.25) is 5.91 Å². The van der Waals surface area contributed by atoms with Crippen LogP contribution in [0.5, 0.6) is 0 Å². The number of likely N-dealkylation sites (N-methyl/N-ethyl adjacent to an activating group) is 1. The Hall–Kier alpha value is -1.55. The van der Waals surface area contributed by atoms with Crippen LogP contribution in [0.2, 0.25) is 0 Å². The summed E-state index contributed by atoms with van der Waals surface area (Å²) in [7, 11) is 0. The van der Waals surface area contributed by atoms with Crippen molar-refractivity contribution in [3.05, 3.63) is 29.8 Å². The maximum Gasteiger partial charge on any atom is 0.245 e. The number of aliphatic hydroxyl groups excluding tert-OH is 1. The highest BCUT2D eigenvalue weighted by atomic mass is 16.3. The highest BCUT2D eigenvalue weighted by Crippen LogP contribution is 2.25. The van der Waals surface area contributed by atoms with Crippen LogP contribution in [0.3, 0.4) is 0 Å². The van der Waals surface area contributed by atoms with Crippen LogP contribution in [0.4, 0.5) is 5.69 Å². The minimum Gasteiger partial charge on any atom is -0.396 e. The van der Waals surface area contributed by atoms with Crippen LogP contribution in [0.1, 0.15) is 18.9 Å². The number of fused-ring (bicyclic) bond motifs is 1. The predicted molar refractivity (Wildman–Crippen MR) is 71.5 cm³/mol. The molecule has 1 amide bonds. The number of anilines is 1. The Bertz CT molecular complexity index is 395. The molecule has 4 nitrogen and oxygen atoms in total. The molecule has 1 unspecified atom stereocenters. The van der Waals surface area contributed by atoms with Gasteiger partial charge in [-0.3, -0.25) is 4.79 Å². The molecular weight excluding hydrogens is 228 g/mol. The van der Waals surface area contributed by atoms with Crippen molar-refractivity contribution in [1.82, 2.24) is 4.90 Å². The SMILES string of the molecule is CCN(CCCO)C(=O)C1Cc2ccccc2N1. The number of nitrogens with one attached hydrogen (secondary N) is 1. The van der Waals surface area contributed by atoms with Crippen molar-refractivity contribution < 1.29 is 9.90 Å². The van der Waals surface area contributed by atoms with Gasteiger partial charge in [-0.25, -0.2) is 0 Å². The molecule has 0 saturated heterocycles. The van der Waals surface area contributed by atoms with E-state index in [4.69, 9.17) is 5.11 Å². The van der Waals surface area contributed by atoms with Crippen molar-refractivity contribution in [1.29, 1.82) is 0 Å². The maximum atomic E-state index is 12.3. The van der Waals surface area contributed by atoms with E-state index in [1.807, 2.05) is 25.1 Å². The molecule has 2 rings (SSSR count). The number of amides is 1. The number of para-hydroxylation sites is 1. The molecule has 0 aliphatic carbocycles. The summed E-state index contributed by atoms with van der Waals surface area (Å²) >= 11 is 0. The molecule has 0 aromatic heterocycles. The lowest BCUT2D eigenvalue weighted by molar-refractivity contribution is -0.131. The standard InChI is InChI=1S/C14H20N2O2/c1-2-16(8-5-9-17)14(18)13-10-11-6-3-4-7-12(11)15-13/h3-4,6-7,13,15,17H,2,5,8-10H2,1H3. The van der Waals surface area contributed by atoms with Gasteiger partial charge in [-0.2, -0.15) is 0 Å². The van der Waals surface area contributed by atoms with Crippen molar-refractivity contribution in [3.63, 3.8) is 0 Å². The largest absolute Gasteiger partial charge is 0.396 e. The van der Waals surface area contributed by atoms with Crippen molar-refractivity contribution in [2.45, 2.75) is 25.8 Å². The Labute approximate surface area is 108 Å². The molecule has 0 spiro atoms. The van der Waals surface area contributed by atoms with E-state index in [9.17, 15) is 4.79 Å². The lowest BCUT2D eigenvalue weighted by Crippen LogP contribution is -2.42. The molecule has 2 N–H and O–H groups in total. The van der Waals surface area contributed by atoms with Crippen LogP contribution in [-0.4, -0.2) is 41.7 Å². The highest BCUT2D eigenvalue weighted by molar-refractivity contribution is 5.87. The topological polar surface area (TPSA) is 52.6 Å². The number of carbonyl (C=O) groups excluding carboxylic acids is 1. The zero-order valence-corrected chi connectivity index (χ0v) is 10.7. The molecule has 98 valence electrons. The Morgan fingerprint density at radius 1 is 1.50 bits per heavy atom. The van der Waals surface area contributed by atoms with Gasteiger partial charge in [-0.05, 0) is 25.0 Å². The van der Waals surface area contributed by atoms with Gasteiger partial charge in [0, 0.05) is 31.8 Å². The molecule has 1 aromatic carbocycles. The molecule has 18 heavy (non-hydrogen) atoms. The van der Waals surface area contributed by atoms with Crippen molar-refractivity contribution >= 4 is 11.6 Å². The second kappa shape index (κ2) is 5.87. The normalized spacial score (nSPS) is 17.1. The number of hydrogen-bond acceptors (Lipinski definition) is 3. The number of benzene rings is 1. The third kappa shape index (κ3) is 2.64. The van der Waals surface area contributed by atoms with Crippen LogP contribution in [0.15, 0.2) is 24.3 Å². The average molecular weight is 248 g/mol. The third-order valence-corrected chi connectivity index (χ3v) is 3.35. The molecule has 1 heterocycles. The van der Waals surface area contributed by atoms with Gasteiger partial charge in [0.15, 0.2) is 0 Å². The lowest BCUT2D eigenvalue weighted by Gasteiger charge is -2.24. The van der Waals surface area contributed by atoms with E-state index in [-0.39, 0.29) is 18.6 Å². The molecule has 0 fully saturated rings. The fourth-order valence-electron chi connectivity index (χ4n) is 2.35. The summed E-state index contributed by atoms with van der Waals surface area (Å²) < 4.78 is 0. The smallest absolute Gasteiger partial charge is 0.245 e. The van der Waals surface area contributed by atoms with Crippen LogP contribution < -0.4 is 5.32 Å². The zero-order chi connectivity index (χ0) is 13.0. The van der Waals surface area contributed by atoms with Crippen LogP contribution in [0, 0.1) is 0 Å². The molecule has 1 aliphatic rings. The van der Waals surface area contributed by atoms with Crippen LogP contribution in [-0.2, 0) is 11.2 Å². The first-order valence-corrected chi connectivity index (χ1v) is 6.50. The summed E-state index contributed by atoms with van der Waals surface area (Å²) in [6.07, 6.45) is 1.39. The molecular formula is C14H20N2O2. The number of nitrogens with zero attached hydrogens (tertiary/aromatic N) is 1. The quantitative estimate of drug-likeness (QED) is 0.824. The second-order valence-corrected chi connectivity index (χ2v) is 4.55. The van der Waals surface area contributed by atoms with E-state index < -0.39 is 0 Å². The van der Waals surface area contributed by atoms with E-state index in [0.717, 1.165) is 12.1 Å². The first-order valence-electron chi connectivity index (χ1n) is 6.50. The molecule has 1 aliphatic heterocycles. The monoisotopic (exact) mass is 248 g/mol. The average Bonchev–Trinajstić information content (AvgIpc) is 2.83. The van der Waals surface area contributed by atoms with E-state index in [1.54, 1.807) is 4.90 Å². The van der Waals surface area contributed by atoms with Crippen molar-refractivity contribution in [3.8, 4) is 0 Å². The van der Waals surface area contributed by atoms with Gasteiger partial charge < -0.3 is 15.3 Å². The molecule has 0 saturated carbocycles. The molecule has 0 bridgehead atoms. The number of rotatable bonds is 5. The summed E-state index contributed by atoms with van der Waals surface area (Å²) in [6.45, 7) is 3.41.